The van der Waals surface area contributed by atoms with Crippen LogP contribution in [0.15, 0.2) is 24.3 Å². The molecule has 3 unspecified atom stereocenters. The van der Waals surface area contributed by atoms with E-state index >= 15 is 0 Å². The van der Waals surface area contributed by atoms with Gasteiger partial charge in [-0.3, -0.25) is 4.79 Å². The van der Waals surface area contributed by atoms with E-state index in [1.165, 1.54) is 11.1 Å². The van der Waals surface area contributed by atoms with Crippen LogP contribution in [0.25, 0.3) is 0 Å². The van der Waals surface area contributed by atoms with Crippen molar-refractivity contribution in [2.75, 3.05) is 0 Å². The van der Waals surface area contributed by atoms with Crippen molar-refractivity contribution in [3.63, 3.8) is 0 Å². The molecule has 1 aromatic carbocycles. The van der Waals surface area contributed by atoms with E-state index in [4.69, 9.17) is 5.73 Å². The SMILES string of the molecule is Cc1ccccc1C(NC(=O)C1CCCC(N)C1)C(C)(C)C. The lowest BCUT2D eigenvalue weighted by Crippen LogP contribution is -2.43. The molecule has 1 aromatic rings. The van der Waals surface area contributed by atoms with Gasteiger partial charge in [0.05, 0.1) is 6.04 Å². The van der Waals surface area contributed by atoms with Crippen molar-refractivity contribution in [2.24, 2.45) is 17.1 Å². The Hall–Kier alpha value is -1.35. The van der Waals surface area contributed by atoms with Crippen LogP contribution in [0.3, 0.4) is 0 Å². The molecule has 2 rings (SSSR count). The monoisotopic (exact) mass is 302 g/mol. The summed E-state index contributed by atoms with van der Waals surface area (Å²) in [5.41, 5.74) is 8.44. The molecule has 3 nitrogen and oxygen atoms in total. The fourth-order valence-corrected chi connectivity index (χ4v) is 3.40. The average Bonchev–Trinajstić information content (AvgIpc) is 2.44. The quantitative estimate of drug-likeness (QED) is 0.894. The molecule has 3 atom stereocenters. The van der Waals surface area contributed by atoms with Crippen molar-refractivity contribution in [3.05, 3.63) is 35.4 Å². The van der Waals surface area contributed by atoms with Crippen molar-refractivity contribution in [2.45, 2.75) is 65.5 Å². The normalized spacial score (nSPS) is 23.9. The fraction of sp³-hybridized carbons (Fsp3) is 0.632. The van der Waals surface area contributed by atoms with Crippen molar-refractivity contribution in [1.29, 1.82) is 0 Å². The van der Waals surface area contributed by atoms with Crippen LogP contribution >= 0.6 is 0 Å². The van der Waals surface area contributed by atoms with Gasteiger partial charge in [-0.1, -0.05) is 51.5 Å². The van der Waals surface area contributed by atoms with Gasteiger partial charge in [0.2, 0.25) is 5.91 Å². The van der Waals surface area contributed by atoms with Gasteiger partial charge in [0.25, 0.3) is 0 Å². The highest BCUT2D eigenvalue weighted by Crippen LogP contribution is 2.35. The van der Waals surface area contributed by atoms with E-state index in [2.05, 4.69) is 45.1 Å². The summed E-state index contributed by atoms with van der Waals surface area (Å²) < 4.78 is 0. The second-order valence-corrected chi connectivity index (χ2v) is 7.79. The molecule has 3 N–H and O–H groups in total. The molecular formula is C19H30N2O. The molecule has 1 fully saturated rings. The lowest BCUT2D eigenvalue weighted by molar-refractivity contribution is -0.127. The number of rotatable bonds is 3. The Balaban J connectivity index is 2.17. The molecule has 3 heteroatoms. The van der Waals surface area contributed by atoms with E-state index in [9.17, 15) is 4.79 Å². The maximum atomic E-state index is 12.7. The summed E-state index contributed by atoms with van der Waals surface area (Å²) in [5.74, 6) is 0.232. The molecule has 0 radical (unpaired) electrons. The minimum atomic E-state index is -0.0292. The summed E-state index contributed by atoms with van der Waals surface area (Å²) in [5, 5.41) is 3.31. The molecule has 1 amide bonds. The van der Waals surface area contributed by atoms with Crippen LogP contribution in [-0.4, -0.2) is 11.9 Å². The third-order valence-corrected chi connectivity index (χ3v) is 4.74. The second kappa shape index (κ2) is 6.82. The molecular weight excluding hydrogens is 272 g/mol. The molecule has 22 heavy (non-hydrogen) atoms. The Morgan fingerprint density at radius 1 is 1.27 bits per heavy atom. The van der Waals surface area contributed by atoms with Gasteiger partial charge in [-0.05, 0) is 42.7 Å². The van der Waals surface area contributed by atoms with Gasteiger partial charge in [-0.2, -0.15) is 0 Å². The van der Waals surface area contributed by atoms with Gasteiger partial charge in [0, 0.05) is 12.0 Å². The van der Waals surface area contributed by atoms with Crippen LogP contribution in [0.1, 0.15) is 63.6 Å². The third-order valence-electron chi connectivity index (χ3n) is 4.74. The summed E-state index contributed by atoms with van der Waals surface area (Å²) in [6.45, 7) is 8.64. The van der Waals surface area contributed by atoms with Gasteiger partial charge in [0.15, 0.2) is 0 Å². The van der Waals surface area contributed by atoms with Crippen molar-refractivity contribution >= 4 is 5.91 Å². The first-order valence-corrected chi connectivity index (χ1v) is 8.40. The van der Waals surface area contributed by atoms with Crippen LogP contribution in [-0.2, 0) is 4.79 Å². The molecule has 0 heterocycles. The summed E-state index contributed by atoms with van der Waals surface area (Å²) in [6, 6.07) is 8.52. The molecule has 122 valence electrons. The fourth-order valence-electron chi connectivity index (χ4n) is 3.40. The number of aryl methyl sites for hydroxylation is 1. The smallest absolute Gasteiger partial charge is 0.223 e. The standard InChI is InChI=1S/C19H30N2O/c1-13-8-5-6-11-16(13)17(19(2,3)4)21-18(22)14-9-7-10-15(20)12-14/h5-6,8,11,14-15,17H,7,9-10,12,20H2,1-4H3,(H,21,22). The maximum Gasteiger partial charge on any atom is 0.223 e. The van der Waals surface area contributed by atoms with Gasteiger partial charge in [-0.15, -0.1) is 0 Å². The van der Waals surface area contributed by atoms with Crippen molar-refractivity contribution in [1.82, 2.24) is 5.32 Å². The summed E-state index contributed by atoms with van der Waals surface area (Å²) in [7, 11) is 0. The molecule has 1 aliphatic carbocycles. The Bertz CT molecular complexity index is 518. The predicted molar refractivity (Wildman–Crippen MR) is 91.5 cm³/mol. The highest BCUT2D eigenvalue weighted by molar-refractivity contribution is 5.79. The number of amides is 1. The third kappa shape index (κ3) is 4.10. The van der Waals surface area contributed by atoms with Crippen LogP contribution in [0.2, 0.25) is 0 Å². The number of carbonyl (C=O) groups is 1. The Kier molecular flexibility index (Phi) is 5.28. The summed E-state index contributed by atoms with van der Waals surface area (Å²) >= 11 is 0. The van der Waals surface area contributed by atoms with Crippen LogP contribution in [0.4, 0.5) is 0 Å². The molecule has 0 aliphatic heterocycles. The minimum Gasteiger partial charge on any atom is -0.349 e. The van der Waals surface area contributed by atoms with Gasteiger partial charge >= 0.3 is 0 Å². The molecule has 0 spiro atoms. The number of nitrogens with two attached hydrogens (primary N) is 1. The topological polar surface area (TPSA) is 55.1 Å². The Labute approximate surface area is 134 Å². The van der Waals surface area contributed by atoms with E-state index in [1.807, 2.05) is 12.1 Å². The zero-order valence-corrected chi connectivity index (χ0v) is 14.4. The highest BCUT2D eigenvalue weighted by Gasteiger charge is 2.32. The molecule has 0 bridgehead atoms. The van der Waals surface area contributed by atoms with Crippen LogP contribution in [0.5, 0.6) is 0 Å². The van der Waals surface area contributed by atoms with E-state index < -0.39 is 0 Å². The van der Waals surface area contributed by atoms with E-state index in [0.29, 0.717) is 0 Å². The highest BCUT2D eigenvalue weighted by atomic mass is 16.1. The Morgan fingerprint density at radius 2 is 1.95 bits per heavy atom. The largest absolute Gasteiger partial charge is 0.349 e. The predicted octanol–water partition coefficient (Wildman–Crippen LogP) is 3.72. The van der Waals surface area contributed by atoms with Gasteiger partial charge in [0.1, 0.15) is 0 Å². The second-order valence-electron chi connectivity index (χ2n) is 7.79. The molecule has 1 saturated carbocycles. The molecule has 1 aliphatic rings. The maximum absolute atomic E-state index is 12.7. The summed E-state index contributed by atoms with van der Waals surface area (Å²) in [4.78, 5) is 12.7. The van der Waals surface area contributed by atoms with Crippen LogP contribution < -0.4 is 11.1 Å². The first kappa shape index (κ1) is 17.0. The first-order valence-electron chi connectivity index (χ1n) is 8.40. The molecule has 0 aromatic heterocycles. The lowest BCUT2D eigenvalue weighted by atomic mass is 9.79. The van der Waals surface area contributed by atoms with Crippen LogP contribution in [0, 0.1) is 18.3 Å². The lowest BCUT2D eigenvalue weighted by Gasteiger charge is -2.35. The first-order chi connectivity index (χ1) is 10.3. The van der Waals surface area contributed by atoms with E-state index in [1.54, 1.807) is 0 Å². The summed E-state index contributed by atoms with van der Waals surface area (Å²) in [6.07, 6.45) is 3.88. The van der Waals surface area contributed by atoms with E-state index in [-0.39, 0.29) is 29.3 Å². The minimum absolute atomic E-state index is 0.0272. The Morgan fingerprint density at radius 3 is 2.55 bits per heavy atom. The zero-order chi connectivity index (χ0) is 16.3. The van der Waals surface area contributed by atoms with Gasteiger partial charge in [-0.25, -0.2) is 0 Å². The zero-order valence-electron chi connectivity index (χ0n) is 14.4. The average molecular weight is 302 g/mol. The van der Waals surface area contributed by atoms with E-state index in [0.717, 1.165) is 25.7 Å². The van der Waals surface area contributed by atoms with Crippen molar-refractivity contribution in [3.8, 4) is 0 Å². The number of benzene rings is 1. The van der Waals surface area contributed by atoms with Gasteiger partial charge < -0.3 is 11.1 Å². The van der Waals surface area contributed by atoms with Crippen molar-refractivity contribution < 1.29 is 4.79 Å². The molecule has 0 saturated heterocycles. The number of carbonyl (C=O) groups excluding carboxylic acids is 1. The number of nitrogens with one attached hydrogen (secondary N) is 1. The number of hydrogen-bond donors (Lipinski definition) is 2. The number of hydrogen-bond acceptors (Lipinski definition) is 2.